The number of methoxy groups -OCH3 is 1. The first-order valence-electron chi connectivity index (χ1n) is 6.39. The van der Waals surface area contributed by atoms with Gasteiger partial charge < -0.3 is 15.0 Å². The Morgan fingerprint density at radius 3 is 2.86 bits per heavy atom. The van der Waals surface area contributed by atoms with Gasteiger partial charge in [0.25, 0.3) is 5.91 Å². The van der Waals surface area contributed by atoms with Gasteiger partial charge in [0.2, 0.25) is 0 Å². The predicted octanol–water partition coefficient (Wildman–Crippen LogP) is 4.19. The highest BCUT2D eigenvalue weighted by Crippen LogP contribution is 2.25. The lowest BCUT2D eigenvalue weighted by Gasteiger charge is -2.08. The van der Waals surface area contributed by atoms with Gasteiger partial charge in [-0.15, -0.1) is 0 Å². The molecule has 0 fully saturated rings. The Labute approximate surface area is 130 Å². The second kappa shape index (κ2) is 5.61. The first-order chi connectivity index (χ1) is 10.2. The molecule has 1 heterocycles. The summed E-state index contributed by atoms with van der Waals surface area (Å²) >= 11 is 3.39. The highest BCUT2D eigenvalue weighted by atomic mass is 79.9. The zero-order chi connectivity index (χ0) is 14.8. The number of aromatic nitrogens is 1. The fourth-order valence-corrected chi connectivity index (χ4v) is 2.62. The topological polar surface area (TPSA) is 54.1 Å². The quantitative estimate of drug-likeness (QED) is 0.748. The molecule has 3 aromatic rings. The zero-order valence-electron chi connectivity index (χ0n) is 11.3. The number of anilines is 1. The molecule has 0 aliphatic rings. The van der Waals surface area contributed by atoms with Gasteiger partial charge >= 0.3 is 0 Å². The molecule has 0 saturated heterocycles. The number of nitrogens with one attached hydrogen (secondary N) is 2. The van der Waals surface area contributed by atoms with Crippen LogP contribution in [0.2, 0.25) is 0 Å². The van der Waals surface area contributed by atoms with E-state index in [9.17, 15) is 4.79 Å². The van der Waals surface area contributed by atoms with Crippen LogP contribution in [0, 0.1) is 0 Å². The molecule has 21 heavy (non-hydrogen) atoms. The molecule has 2 aromatic carbocycles. The fourth-order valence-electron chi connectivity index (χ4n) is 2.15. The minimum Gasteiger partial charge on any atom is -0.497 e. The van der Waals surface area contributed by atoms with Crippen molar-refractivity contribution < 1.29 is 9.53 Å². The van der Waals surface area contributed by atoms with E-state index in [1.165, 1.54) is 0 Å². The van der Waals surface area contributed by atoms with E-state index in [1.54, 1.807) is 19.2 Å². The maximum absolute atomic E-state index is 12.3. The number of rotatable bonds is 3. The molecule has 0 aliphatic heterocycles. The van der Waals surface area contributed by atoms with Crippen LogP contribution in [-0.4, -0.2) is 18.0 Å². The summed E-state index contributed by atoms with van der Waals surface area (Å²) in [4.78, 5) is 15.4. The Morgan fingerprint density at radius 1 is 1.19 bits per heavy atom. The molecule has 4 nitrogen and oxygen atoms in total. The van der Waals surface area contributed by atoms with E-state index < -0.39 is 0 Å². The molecule has 0 aliphatic carbocycles. The summed E-state index contributed by atoms with van der Waals surface area (Å²) in [6.45, 7) is 0. The van der Waals surface area contributed by atoms with E-state index in [0.717, 1.165) is 15.4 Å². The van der Waals surface area contributed by atoms with Crippen molar-refractivity contribution in [2.45, 2.75) is 0 Å². The summed E-state index contributed by atoms with van der Waals surface area (Å²) in [6.07, 6.45) is 1.85. The maximum atomic E-state index is 12.3. The van der Waals surface area contributed by atoms with Gasteiger partial charge in [-0.05, 0) is 35.7 Å². The zero-order valence-corrected chi connectivity index (χ0v) is 12.9. The SMILES string of the molecule is COc1cc(Br)cc(NC(=O)c2ccc3cc[nH]c3c2)c1. The lowest BCUT2D eigenvalue weighted by molar-refractivity contribution is 0.102. The highest BCUT2D eigenvalue weighted by molar-refractivity contribution is 9.10. The van der Waals surface area contributed by atoms with Crippen LogP contribution < -0.4 is 10.1 Å². The normalized spacial score (nSPS) is 10.6. The number of amides is 1. The number of hydrogen-bond acceptors (Lipinski definition) is 2. The average Bonchev–Trinajstić information content (AvgIpc) is 2.93. The van der Waals surface area contributed by atoms with E-state index >= 15 is 0 Å². The van der Waals surface area contributed by atoms with Crippen molar-refractivity contribution in [2.24, 2.45) is 0 Å². The van der Waals surface area contributed by atoms with Crippen LogP contribution in [0.15, 0.2) is 53.1 Å². The smallest absolute Gasteiger partial charge is 0.255 e. The van der Waals surface area contributed by atoms with Gasteiger partial charge in [0.05, 0.1) is 7.11 Å². The predicted molar refractivity (Wildman–Crippen MR) is 86.9 cm³/mol. The van der Waals surface area contributed by atoms with E-state index in [1.807, 2.05) is 36.5 Å². The van der Waals surface area contributed by atoms with E-state index in [4.69, 9.17) is 4.74 Å². The number of ether oxygens (including phenoxy) is 1. The molecule has 0 atom stereocenters. The molecule has 0 saturated carbocycles. The second-order valence-electron chi connectivity index (χ2n) is 4.61. The number of carbonyl (C=O) groups is 1. The molecule has 1 aromatic heterocycles. The van der Waals surface area contributed by atoms with Crippen molar-refractivity contribution >= 4 is 38.4 Å². The molecule has 1 amide bonds. The Kier molecular flexibility index (Phi) is 3.66. The molecule has 0 spiro atoms. The summed E-state index contributed by atoms with van der Waals surface area (Å²) in [5.41, 5.74) is 2.22. The fraction of sp³-hybridized carbons (Fsp3) is 0.0625. The van der Waals surface area contributed by atoms with Crippen LogP contribution >= 0.6 is 15.9 Å². The summed E-state index contributed by atoms with van der Waals surface area (Å²) < 4.78 is 6.03. The third kappa shape index (κ3) is 2.92. The number of hydrogen-bond donors (Lipinski definition) is 2. The number of carbonyl (C=O) groups excluding carboxylic acids is 1. The lowest BCUT2D eigenvalue weighted by atomic mass is 10.1. The Balaban J connectivity index is 1.86. The van der Waals surface area contributed by atoms with Crippen molar-refractivity contribution in [3.8, 4) is 5.75 Å². The minimum atomic E-state index is -0.161. The van der Waals surface area contributed by atoms with Crippen LogP contribution in [0.3, 0.4) is 0 Å². The summed E-state index contributed by atoms with van der Waals surface area (Å²) in [5, 5.41) is 3.95. The van der Waals surface area contributed by atoms with Crippen molar-refractivity contribution in [1.82, 2.24) is 4.98 Å². The third-order valence-electron chi connectivity index (χ3n) is 3.18. The standard InChI is InChI=1S/C16H13BrN2O2/c1-21-14-8-12(17)7-13(9-14)19-16(20)11-3-2-10-4-5-18-15(10)6-11/h2-9,18H,1H3,(H,19,20). The second-order valence-corrected chi connectivity index (χ2v) is 5.53. The first-order valence-corrected chi connectivity index (χ1v) is 7.18. The van der Waals surface area contributed by atoms with Crippen LogP contribution in [-0.2, 0) is 0 Å². The van der Waals surface area contributed by atoms with Gasteiger partial charge in [-0.2, -0.15) is 0 Å². The van der Waals surface area contributed by atoms with Crippen LogP contribution in [0.1, 0.15) is 10.4 Å². The molecular formula is C16H13BrN2O2. The number of aromatic amines is 1. The molecule has 0 radical (unpaired) electrons. The van der Waals surface area contributed by atoms with Crippen LogP contribution in [0.25, 0.3) is 10.9 Å². The van der Waals surface area contributed by atoms with Gasteiger partial charge in [0.15, 0.2) is 0 Å². The number of H-pyrrole nitrogens is 1. The molecule has 0 bridgehead atoms. The largest absolute Gasteiger partial charge is 0.497 e. The molecule has 0 unspecified atom stereocenters. The monoisotopic (exact) mass is 344 g/mol. The molecule has 5 heteroatoms. The summed E-state index contributed by atoms with van der Waals surface area (Å²) in [5.74, 6) is 0.520. The number of fused-ring (bicyclic) bond motifs is 1. The Morgan fingerprint density at radius 2 is 2.05 bits per heavy atom. The van der Waals surface area contributed by atoms with Crippen molar-refractivity contribution in [1.29, 1.82) is 0 Å². The van der Waals surface area contributed by atoms with Crippen molar-refractivity contribution in [3.05, 3.63) is 58.7 Å². The number of halogens is 1. The average molecular weight is 345 g/mol. The summed E-state index contributed by atoms with van der Waals surface area (Å²) in [6, 6.07) is 13.0. The summed E-state index contributed by atoms with van der Waals surface area (Å²) in [7, 11) is 1.59. The van der Waals surface area contributed by atoms with Crippen LogP contribution in [0.5, 0.6) is 5.75 Å². The van der Waals surface area contributed by atoms with Gasteiger partial charge in [0.1, 0.15) is 5.75 Å². The number of benzene rings is 2. The van der Waals surface area contributed by atoms with Crippen molar-refractivity contribution in [2.75, 3.05) is 12.4 Å². The maximum Gasteiger partial charge on any atom is 0.255 e. The Bertz CT molecular complexity index is 811. The minimum absolute atomic E-state index is 0.161. The van der Waals surface area contributed by atoms with Gasteiger partial charge in [-0.25, -0.2) is 0 Å². The molecular weight excluding hydrogens is 332 g/mol. The third-order valence-corrected chi connectivity index (χ3v) is 3.64. The van der Waals surface area contributed by atoms with Gasteiger partial charge in [0, 0.05) is 33.5 Å². The Hall–Kier alpha value is -2.27. The van der Waals surface area contributed by atoms with Crippen LogP contribution in [0.4, 0.5) is 5.69 Å². The first kappa shape index (κ1) is 13.7. The van der Waals surface area contributed by atoms with Gasteiger partial charge in [-0.1, -0.05) is 22.0 Å². The molecule has 3 rings (SSSR count). The molecule has 106 valence electrons. The van der Waals surface area contributed by atoms with E-state index in [-0.39, 0.29) is 5.91 Å². The van der Waals surface area contributed by atoms with E-state index in [2.05, 4.69) is 26.2 Å². The van der Waals surface area contributed by atoms with Gasteiger partial charge in [-0.3, -0.25) is 4.79 Å². The lowest BCUT2D eigenvalue weighted by Crippen LogP contribution is -2.11. The van der Waals surface area contributed by atoms with Crippen molar-refractivity contribution in [3.63, 3.8) is 0 Å². The molecule has 2 N–H and O–H groups in total. The highest BCUT2D eigenvalue weighted by Gasteiger charge is 2.09. The van der Waals surface area contributed by atoms with E-state index in [0.29, 0.717) is 17.0 Å².